The minimum Gasteiger partial charge on any atom is -0.468 e. The standard InChI is InChI=1S/C13H17F2NO2S2/c1-13(2,12(17)18-3)20-7-11(16-19)8-4-9(14)6-10(15)5-8/h4-6,11,16,19H,7H2,1-3H3. The van der Waals surface area contributed by atoms with Gasteiger partial charge in [0.15, 0.2) is 0 Å². The van der Waals surface area contributed by atoms with Gasteiger partial charge in [0.1, 0.15) is 16.4 Å². The van der Waals surface area contributed by atoms with Crippen molar-refractivity contribution in [1.29, 1.82) is 0 Å². The summed E-state index contributed by atoms with van der Waals surface area (Å²) < 4.78 is 33.1. The Morgan fingerprint density at radius 1 is 1.40 bits per heavy atom. The van der Waals surface area contributed by atoms with Crippen LogP contribution in [0.25, 0.3) is 0 Å². The van der Waals surface area contributed by atoms with Gasteiger partial charge in [0, 0.05) is 11.8 Å². The molecular weight excluding hydrogens is 304 g/mol. The lowest BCUT2D eigenvalue weighted by Gasteiger charge is -2.24. The van der Waals surface area contributed by atoms with Crippen molar-refractivity contribution in [2.24, 2.45) is 0 Å². The molecular formula is C13H17F2NO2S2. The van der Waals surface area contributed by atoms with Crippen LogP contribution in [0.1, 0.15) is 25.5 Å². The van der Waals surface area contributed by atoms with Crippen LogP contribution in [0.3, 0.4) is 0 Å². The van der Waals surface area contributed by atoms with Crippen molar-refractivity contribution < 1.29 is 18.3 Å². The van der Waals surface area contributed by atoms with Gasteiger partial charge in [-0.05, 0) is 31.5 Å². The van der Waals surface area contributed by atoms with Crippen LogP contribution >= 0.6 is 24.6 Å². The Kier molecular flexibility index (Phi) is 6.29. The molecule has 112 valence electrons. The zero-order chi connectivity index (χ0) is 15.3. The predicted molar refractivity (Wildman–Crippen MR) is 79.8 cm³/mol. The summed E-state index contributed by atoms with van der Waals surface area (Å²) in [4.78, 5) is 11.6. The summed E-state index contributed by atoms with van der Waals surface area (Å²) in [7, 11) is 1.32. The molecule has 1 aromatic carbocycles. The number of hydrogen-bond acceptors (Lipinski definition) is 5. The Balaban J connectivity index is 2.80. The van der Waals surface area contributed by atoms with Gasteiger partial charge in [-0.15, -0.1) is 11.8 Å². The molecule has 1 unspecified atom stereocenters. The Morgan fingerprint density at radius 2 is 1.95 bits per heavy atom. The lowest BCUT2D eigenvalue weighted by atomic mass is 10.1. The summed E-state index contributed by atoms with van der Waals surface area (Å²) in [5.41, 5.74) is 0.436. The number of ether oxygens (including phenoxy) is 1. The molecule has 3 nitrogen and oxygen atoms in total. The van der Waals surface area contributed by atoms with E-state index in [0.717, 1.165) is 6.07 Å². The van der Waals surface area contributed by atoms with Crippen molar-refractivity contribution >= 4 is 30.5 Å². The fourth-order valence-corrected chi connectivity index (χ4v) is 3.00. The summed E-state index contributed by atoms with van der Waals surface area (Å²) in [5.74, 6) is -1.24. The van der Waals surface area contributed by atoms with E-state index in [1.54, 1.807) is 13.8 Å². The molecule has 0 saturated heterocycles. The highest BCUT2D eigenvalue weighted by molar-refractivity contribution is 8.01. The molecule has 0 aliphatic carbocycles. The van der Waals surface area contributed by atoms with E-state index >= 15 is 0 Å². The van der Waals surface area contributed by atoms with E-state index in [0.29, 0.717) is 11.3 Å². The van der Waals surface area contributed by atoms with Crippen LogP contribution in [0.4, 0.5) is 8.78 Å². The molecule has 0 saturated carbocycles. The number of benzene rings is 1. The van der Waals surface area contributed by atoms with Crippen LogP contribution in [0.15, 0.2) is 18.2 Å². The fourth-order valence-electron chi connectivity index (χ4n) is 1.58. The minimum absolute atomic E-state index is 0.356. The molecule has 0 fully saturated rings. The van der Waals surface area contributed by atoms with Gasteiger partial charge in [-0.25, -0.2) is 8.78 Å². The van der Waals surface area contributed by atoms with E-state index in [4.69, 9.17) is 4.74 Å². The summed E-state index contributed by atoms with van der Waals surface area (Å²) >= 11 is 5.30. The third-order valence-electron chi connectivity index (χ3n) is 2.73. The first-order valence-corrected chi connectivity index (χ1v) is 7.31. The topological polar surface area (TPSA) is 38.3 Å². The minimum atomic E-state index is -0.747. The Hall–Kier alpha value is -0.790. The van der Waals surface area contributed by atoms with E-state index in [1.165, 1.54) is 31.0 Å². The Labute approximate surface area is 127 Å². The average molecular weight is 321 g/mol. The summed E-state index contributed by atoms with van der Waals surface area (Å²) in [5, 5.41) is 0. The maximum absolute atomic E-state index is 13.2. The fraction of sp³-hybridized carbons (Fsp3) is 0.462. The first-order chi connectivity index (χ1) is 9.30. The third kappa shape index (κ3) is 4.64. The third-order valence-corrected chi connectivity index (χ3v) is 4.43. The molecule has 1 atom stereocenters. The molecule has 0 amide bonds. The number of rotatable bonds is 6. The highest BCUT2D eigenvalue weighted by Gasteiger charge is 2.30. The van der Waals surface area contributed by atoms with Gasteiger partial charge in [-0.1, -0.05) is 12.8 Å². The van der Waals surface area contributed by atoms with Gasteiger partial charge >= 0.3 is 5.97 Å². The number of methoxy groups -OCH3 is 1. The van der Waals surface area contributed by atoms with Gasteiger partial charge in [0.25, 0.3) is 0 Å². The molecule has 1 rings (SSSR count). The first kappa shape index (κ1) is 17.3. The molecule has 0 heterocycles. The van der Waals surface area contributed by atoms with Crippen molar-refractivity contribution in [3.63, 3.8) is 0 Å². The van der Waals surface area contributed by atoms with E-state index in [9.17, 15) is 13.6 Å². The van der Waals surface area contributed by atoms with Crippen molar-refractivity contribution in [2.75, 3.05) is 12.9 Å². The van der Waals surface area contributed by atoms with Crippen molar-refractivity contribution in [1.82, 2.24) is 4.72 Å². The average Bonchev–Trinajstić information content (AvgIpc) is 2.37. The van der Waals surface area contributed by atoms with Crippen molar-refractivity contribution in [2.45, 2.75) is 24.6 Å². The maximum Gasteiger partial charge on any atom is 0.321 e. The van der Waals surface area contributed by atoms with Crippen LogP contribution in [-0.4, -0.2) is 23.6 Å². The van der Waals surface area contributed by atoms with Crippen molar-refractivity contribution in [3.05, 3.63) is 35.4 Å². The normalized spacial score (nSPS) is 13.1. The molecule has 0 bridgehead atoms. The number of nitrogens with one attached hydrogen (secondary N) is 1. The molecule has 0 radical (unpaired) electrons. The Bertz CT molecular complexity index is 463. The van der Waals surface area contributed by atoms with E-state index < -0.39 is 22.4 Å². The molecule has 0 spiro atoms. The quantitative estimate of drug-likeness (QED) is 0.624. The highest BCUT2D eigenvalue weighted by atomic mass is 32.2. The number of hydrogen-bond donors (Lipinski definition) is 2. The zero-order valence-corrected chi connectivity index (χ0v) is 13.2. The highest BCUT2D eigenvalue weighted by Crippen LogP contribution is 2.30. The molecule has 20 heavy (non-hydrogen) atoms. The zero-order valence-electron chi connectivity index (χ0n) is 11.4. The van der Waals surface area contributed by atoms with Crippen molar-refractivity contribution in [3.8, 4) is 0 Å². The summed E-state index contributed by atoms with van der Waals surface area (Å²) in [6.07, 6.45) is 0. The van der Waals surface area contributed by atoms with E-state index in [-0.39, 0.29) is 5.97 Å². The van der Waals surface area contributed by atoms with Gasteiger partial charge in [-0.2, -0.15) is 0 Å². The van der Waals surface area contributed by atoms with Gasteiger partial charge in [-0.3, -0.25) is 9.52 Å². The lowest BCUT2D eigenvalue weighted by Crippen LogP contribution is -2.31. The largest absolute Gasteiger partial charge is 0.468 e. The second kappa shape index (κ2) is 7.28. The van der Waals surface area contributed by atoms with Gasteiger partial charge < -0.3 is 4.74 Å². The molecule has 7 heteroatoms. The number of halogens is 2. The van der Waals surface area contributed by atoms with Gasteiger partial charge in [0.2, 0.25) is 0 Å². The van der Waals surface area contributed by atoms with Crippen LogP contribution < -0.4 is 4.72 Å². The van der Waals surface area contributed by atoms with Crippen LogP contribution in [0.5, 0.6) is 0 Å². The second-order valence-corrected chi connectivity index (χ2v) is 6.60. The molecule has 0 aliphatic rings. The first-order valence-electron chi connectivity index (χ1n) is 5.88. The smallest absolute Gasteiger partial charge is 0.321 e. The van der Waals surface area contributed by atoms with E-state index in [1.807, 2.05) is 0 Å². The monoisotopic (exact) mass is 321 g/mol. The Morgan fingerprint density at radius 3 is 2.40 bits per heavy atom. The molecule has 1 N–H and O–H groups in total. The van der Waals surface area contributed by atoms with Crippen LogP contribution in [-0.2, 0) is 9.53 Å². The SMILES string of the molecule is COC(=O)C(C)(C)SCC(NS)c1cc(F)cc(F)c1. The maximum atomic E-state index is 13.2. The molecule has 1 aromatic rings. The summed E-state index contributed by atoms with van der Waals surface area (Å²) in [6, 6.07) is 2.90. The number of carbonyl (C=O) groups is 1. The number of esters is 1. The number of thiol groups is 1. The van der Waals surface area contributed by atoms with Crippen LogP contribution in [0, 0.1) is 11.6 Å². The number of thioether (sulfide) groups is 1. The lowest BCUT2D eigenvalue weighted by molar-refractivity contribution is -0.142. The molecule has 0 aromatic heterocycles. The predicted octanol–water partition coefficient (Wildman–Crippen LogP) is 3.13. The second-order valence-electron chi connectivity index (χ2n) is 4.70. The summed E-state index contributed by atoms with van der Waals surface area (Å²) in [6.45, 7) is 3.45. The number of carbonyl (C=O) groups excluding carboxylic acids is 1. The van der Waals surface area contributed by atoms with Crippen LogP contribution in [0.2, 0.25) is 0 Å². The molecule has 0 aliphatic heterocycles. The van der Waals surface area contributed by atoms with E-state index in [2.05, 4.69) is 17.5 Å². The van der Waals surface area contributed by atoms with Gasteiger partial charge in [0.05, 0.1) is 13.2 Å².